The van der Waals surface area contributed by atoms with Gasteiger partial charge in [0.25, 0.3) is 5.69 Å². The minimum absolute atomic E-state index is 0.101. The zero-order valence-corrected chi connectivity index (χ0v) is 13.6. The van der Waals surface area contributed by atoms with Crippen LogP contribution in [0.25, 0.3) is 0 Å². The van der Waals surface area contributed by atoms with Crippen LogP contribution in [0.3, 0.4) is 0 Å². The van der Waals surface area contributed by atoms with Crippen LogP contribution in [0, 0.1) is 10.1 Å². The van der Waals surface area contributed by atoms with Crippen LogP contribution in [0.4, 0.5) is 11.4 Å². The summed E-state index contributed by atoms with van der Waals surface area (Å²) in [4.78, 5) is 24.8. The number of amides is 1. The number of nitro groups is 1. The molecule has 0 saturated heterocycles. The highest BCUT2D eigenvalue weighted by Gasteiger charge is 2.16. The molecular weight excluding hydrogens is 306 g/mol. The second-order valence-corrected chi connectivity index (χ2v) is 5.52. The fourth-order valence-electron chi connectivity index (χ4n) is 2.50. The maximum absolute atomic E-state index is 12.3. The molecule has 0 aliphatic rings. The van der Waals surface area contributed by atoms with Gasteiger partial charge in [-0.25, -0.2) is 0 Å². The van der Waals surface area contributed by atoms with Crippen molar-refractivity contribution in [3.8, 4) is 0 Å². The van der Waals surface area contributed by atoms with Gasteiger partial charge in [0.05, 0.1) is 11.5 Å². The zero-order chi connectivity index (χ0) is 17.4. The second-order valence-electron chi connectivity index (χ2n) is 5.52. The average molecular weight is 327 g/mol. The molecule has 6 nitrogen and oxygen atoms in total. The summed E-state index contributed by atoms with van der Waals surface area (Å²) in [5, 5.41) is 13.7. The largest absolute Gasteiger partial charge is 0.319 e. The lowest BCUT2D eigenvalue weighted by Crippen LogP contribution is -2.33. The first-order chi connectivity index (χ1) is 11.6. The number of benzene rings is 2. The van der Waals surface area contributed by atoms with Gasteiger partial charge in [0.15, 0.2) is 0 Å². The summed E-state index contributed by atoms with van der Waals surface area (Å²) in [6.07, 6.45) is 0.922. The van der Waals surface area contributed by atoms with Crippen molar-refractivity contribution in [2.24, 2.45) is 0 Å². The molecule has 6 heteroatoms. The van der Waals surface area contributed by atoms with Crippen LogP contribution < -0.4 is 5.32 Å². The third-order valence-corrected chi connectivity index (χ3v) is 3.53. The van der Waals surface area contributed by atoms with Crippen molar-refractivity contribution in [2.45, 2.75) is 19.9 Å². The number of hydrogen-bond acceptors (Lipinski definition) is 4. The van der Waals surface area contributed by atoms with Gasteiger partial charge in [0, 0.05) is 12.6 Å². The maximum Gasteiger partial charge on any atom is 0.292 e. The normalized spacial score (nSPS) is 10.6. The smallest absolute Gasteiger partial charge is 0.292 e. The average Bonchev–Trinajstić information content (AvgIpc) is 2.56. The van der Waals surface area contributed by atoms with Crippen LogP contribution >= 0.6 is 0 Å². The fourth-order valence-corrected chi connectivity index (χ4v) is 2.50. The lowest BCUT2D eigenvalue weighted by Gasteiger charge is -2.21. The van der Waals surface area contributed by atoms with Gasteiger partial charge in [0.1, 0.15) is 5.69 Å². The van der Waals surface area contributed by atoms with Crippen LogP contribution in [0.1, 0.15) is 18.9 Å². The van der Waals surface area contributed by atoms with Gasteiger partial charge < -0.3 is 5.32 Å². The zero-order valence-electron chi connectivity index (χ0n) is 13.6. The second kappa shape index (κ2) is 8.79. The van der Waals surface area contributed by atoms with E-state index in [1.54, 1.807) is 12.1 Å². The van der Waals surface area contributed by atoms with Gasteiger partial charge in [-0.2, -0.15) is 0 Å². The van der Waals surface area contributed by atoms with Crippen LogP contribution in [0.5, 0.6) is 0 Å². The van der Waals surface area contributed by atoms with Gasteiger partial charge >= 0.3 is 0 Å². The van der Waals surface area contributed by atoms with Crippen molar-refractivity contribution >= 4 is 17.3 Å². The summed E-state index contributed by atoms with van der Waals surface area (Å²) in [7, 11) is 0. The van der Waals surface area contributed by atoms with Crippen molar-refractivity contribution in [3.05, 3.63) is 70.3 Å². The van der Waals surface area contributed by atoms with Crippen molar-refractivity contribution in [2.75, 3.05) is 18.4 Å². The number of nitrogens with zero attached hydrogens (tertiary/aromatic N) is 2. The SMILES string of the molecule is CCCN(CC(=O)Nc1ccccc1[N+](=O)[O-])Cc1ccccc1. The molecule has 126 valence electrons. The highest BCUT2D eigenvalue weighted by atomic mass is 16.6. The van der Waals surface area contributed by atoms with Gasteiger partial charge in [-0.05, 0) is 24.6 Å². The first kappa shape index (κ1) is 17.6. The van der Waals surface area contributed by atoms with E-state index in [1.165, 1.54) is 12.1 Å². The summed E-state index contributed by atoms with van der Waals surface area (Å²) in [5.41, 5.74) is 1.25. The number of hydrogen-bond donors (Lipinski definition) is 1. The number of nitro benzene ring substituents is 1. The molecule has 1 amide bonds. The summed E-state index contributed by atoms with van der Waals surface area (Å²) < 4.78 is 0. The van der Waals surface area contributed by atoms with E-state index in [-0.39, 0.29) is 23.8 Å². The number of carbonyl (C=O) groups excluding carboxylic acids is 1. The molecule has 0 fully saturated rings. The minimum atomic E-state index is -0.497. The number of para-hydroxylation sites is 2. The molecule has 0 spiro atoms. The first-order valence-electron chi connectivity index (χ1n) is 7.89. The highest BCUT2D eigenvalue weighted by molar-refractivity contribution is 5.94. The molecule has 0 bridgehead atoms. The lowest BCUT2D eigenvalue weighted by molar-refractivity contribution is -0.383. The van der Waals surface area contributed by atoms with E-state index >= 15 is 0 Å². The van der Waals surface area contributed by atoms with Crippen molar-refractivity contribution in [3.63, 3.8) is 0 Å². The fraction of sp³-hybridized carbons (Fsp3) is 0.278. The summed E-state index contributed by atoms with van der Waals surface area (Å²) in [5.74, 6) is -0.256. The van der Waals surface area contributed by atoms with Crippen LogP contribution in [-0.2, 0) is 11.3 Å². The molecule has 2 aromatic carbocycles. The predicted octanol–water partition coefficient (Wildman–Crippen LogP) is 3.45. The maximum atomic E-state index is 12.3. The molecule has 2 aromatic rings. The van der Waals surface area contributed by atoms with Crippen LogP contribution in [-0.4, -0.2) is 28.8 Å². The van der Waals surface area contributed by atoms with E-state index in [0.717, 1.165) is 18.5 Å². The molecule has 2 rings (SSSR count). The summed E-state index contributed by atoms with van der Waals surface area (Å²) in [6, 6.07) is 16.1. The topological polar surface area (TPSA) is 75.5 Å². The highest BCUT2D eigenvalue weighted by Crippen LogP contribution is 2.23. The monoisotopic (exact) mass is 327 g/mol. The Morgan fingerprint density at radius 3 is 2.46 bits per heavy atom. The number of carbonyl (C=O) groups is 1. The Morgan fingerprint density at radius 1 is 1.12 bits per heavy atom. The molecular formula is C18H21N3O3. The van der Waals surface area contributed by atoms with E-state index in [2.05, 4.69) is 12.2 Å². The van der Waals surface area contributed by atoms with Gasteiger partial charge in [-0.15, -0.1) is 0 Å². The molecule has 0 atom stereocenters. The molecule has 0 aromatic heterocycles. The molecule has 0 heterocycles. The molecule has 0 unspecified atom stereocenters. The van der Waals surface area contributed by atoms with Crippen LogP contribution in [0.15, 0.2) is 54.6 Å². The van der Waals surface area contributed by atoms with Crippen molar-refractivity contribution < 1.29 is 9.72 Å². The lowest BCUT2D eigenvalue weighted by atomic mass is 10.2. The van der Waals surface area contributed by atoms with E-state index in [9.17, 15) is 14.9 Å². The van der Waals surface area contributed by atoms with E-state index in [1.807, 2.05) is 35.2 Å². The Hall–Kier alpha value is -2.73. The molecule has 0 saturated carbocycles. The Bertz CT molecular complexity index is 689. The van der Waals surface area contributed by atoms with Crippen LogP contribution in [0.2, 0.25) is 0 Å². The van der Waals surface area contributed by atoms with Gasteiger partial charge in [-0.3, -0.25) is 19.8 Å². The van der Waals surface area contributed by atoms with Gasteiger partial charge in [-0.1, -0.05) is 49.4 Å². The Labute approximate surface area is 141 Å². The molecule has 0 aliphatic heterocycles. The third kappa shape index (κ3) is 5.17. The van der Waals surface area contributed by atoms with E-state index in [0.29, 0.717) is 6.54 Å². The summed E-state index contributed by atoms with van der Waals surface area (Å²) in [6.45, 7) is 3.69. The quantitative estimate of drug-likeness (QED) is 0.595. The number of anilines is 1. The minimum Gasteiger partial charge on any atom is -0.319 e. The molecule has 0 radical (unpaired) electrons. The first-order valence-corrected chi connectivity index (χ1v) is 7.89. The summed E-state index contributed by atoms with van der Waals surface area (Å²) >= 11 is 0. The standard InChI is InChI=1S/C18H21N3O3/c1-2-12-20(13-15-8-4-3-5-9-15)14-18(22)19-16-10-6-7-11-17(16)21(23)24/h3-11H,2,12-14H2,1H3,(H,19,22). The number of rotatable bonds is 8. The van der Waals surface area contributed by atoms with Crippen molar-refractivity contribution in [1.82, 2.24) is 4.90 Å². The molecule has 24 heavy (non-hydrogen) atoms. The predicted molar refractivity (Wildman–Crippen MR) is 93.7 cm³/mol. The Morgan fingerprint density at radius 2 is 1.79 bits per heavy atom. The van der Waals surface area contributed by atoms with Crippen molar-refractivity contribution in [1.29, 1.82) is 0 Å². The van der Waals surface area contributed by atoms with Gasteiger partial charge in [0.2, 0.25) is 5.91 Å². The Kier molecular flexibility index (Phi) is 6.45. The van der Waals surface area contributed by atoms with E-state index in [4.69, 9.17) is 0 Å². The molecule has 1 N–H and O–H groups in total. The third-order valence-electron chi connectivity index (χ3n) is 3.53. The molecule has 0 aliphatic carbocycles. The van der Waals surface area contributed by atoms with E-state index < -0.39 is 4.92 Å². The number of nitrogens with one attached hydrogen (secondary N) is 1. The Balaban J connectivity index is 2.02.